The van der Waals surface area contributed by atoms with Crippen molar-refractivity contribution in [1.29, 1.82) is 0 Å². The Morgan fingerprint density at radius 3 is 2.63 bits per heavy atom. The van der Waals surface area contributed by atoms with Crippen LogP contribution in [0.3, 0.4) is 0 Å². The van der Waals surface area contributed by atoms with Gasteiger partial charge in [0.1, 0.15) is 0 Å². The van der Waals surface area contributed by atoms with Crippen LogP contribution in [0.1, 0.15) is 31.9 Å². The molecular formula is C15H22BrClN2. The van der Waals surface area contributed by atoms with Crippen LogP contribution in [0, 0.1) is 5.92 Å². The lowest BCUT2D eigenvalue weighted by Gasteiger charge is -2.36. The summed E-state index contributed by atoms with van der Waals surface area (Å²) in [5, 5.41) is 4.30. The molecule has 0 amide bonds. The Kier molecular flexibility index (Phi) is 5.70. The van der Waals surface area contributed by atoms with Gasteiger partial charge in [-0.3, -0.25) is 4.90 Å². The standard InChI is InChI=1S/C15H22BrClN2/c1-11(2)9-15(19-7-5-18-6-8-19)13-10-12(16)3-4-14(13)17/h3-4,10-11,15,18H,5-9H2,1-2H3/t15-/m1/s1. The van der Waals surface area contributed by atoms with Crippen LogP contribution in [-0.4, -0.2) is 31.1 Å². The van der Waals surface area contributed by atoms with Gasteiger partial charge >= 0.3 is 0 Å². The van der Waals surface area contributed by atoms with Crippen LogP contribution in [-0.2, 0) is 0 Å². The molecule has 0 aliphatic carbocycles. The number of hydrogen-bond acceptors (Lipinski definition) is 2. The van der Waals surface area contributed by atoms with E-state index >= 15 is 0 Å². The molecular weight excluding hydrogens is 324 g/mol. The number of nitrogens with one attached hydrogen (secondary N) is 1. The molecule has 1 aromatic rings. The fraction of sp³-hybridized carbons (Fsp3) is 0.600. The first-order valence-electron chi connectivity index (χ1n) is 6.97. The van der Waals surface area contributed by atoms with E-state index in [1.54, 1.807) is 0 Å². The van der Waals surface area contributed by atoms with Gasteiger partial charge in [-0.05, 0) is 36.1 Å². The fourth-order valence-electron chi connectivity index (χ4n) is 2.68. The lowest BCUT2D eigenvalue weighted by Crippen LogP contribution is -2.45. The zero-order valence-corrected chi connectivity index (χ0v) is 14.0. The summed E-state index contributed by atoms with van der Waals surface area (Å²) in [6, 6.07) is 6.61. The third-order valence-corrected chi connectivity index (χ3v) is 4.44. The first-order chi connectivity index (χ1) is 9.08. The molecule has 106 valence electrons. The van der Waals surface area contributed by atoms with E-state index in [0.29, 0.717) is 12.0 Å². The molecule has 1 heterocycles. The highest BCUT2D eigenvalue weighted by molar-refractivity contribution is 9.10. The average molecular weight is 346 g/mol. The third-order valence-electron chi connectivity index (χ3n) is 3.60. The van der Waals surface area contributed by atoms with Crippen molar-refractivity contribution in [2.45, 2.75) is 26.3 Å². The molecule has 1 fully saturated rings. The van der Waals surface area contributed by atoms with E-state index in [-0.39, 0.29) is 0 Å². The SMILES string of the molecule is CC(C)C[C@H](c1cc(Br)ccc1Cl)N1CCNCC1. The number of hydrogen-bond donors (Lipinski definition) is 1. The molecule has 19 heavy (non-hydrogen) atoms. The van der Waals surface area contributed by atoms with Gasteiger partial charge in [0.05, 0.1) is 0 Å². The predicted octanol–water partition coefficient (Wildman–Crippen LogP) is 4.09. The van der Waals surface area contributed by atoms with Gasteiger partial charge in [-0.2, -0.15) is 0 Å². The van der Waals surface area contributed by atoms with E-state index < -0.39 is 0 Å². The summed E-state index contributed by atoms with van der Waals surface area (Å²) in [5.74, 6) is 0.662. The number of piperazine rings is 1. The summed E-state index contributed by atoms with van der Waals surface area (Å²) in [6.45, 7) is 8.89. The van der Waals surface area contributed by atoms with E-state index in [0.717, 1.165) is 42.1 Å². The summed E-state index contributed by atoms with van der Waals surface area (Å²) >= 11 is 10.00. The molecule has 4 heteroatoms. The van der Waals surface area contributed by atoms with Gasteiger partial charge in [0.2, 0.25) is 0 Å². The van der Waals surface area contributed by atoms with Gasteiger partial charge in [0, 0.05) is 41.7 Å². The molecule has 0 unspecified atom stereocenters. The lowest BCUT2D eigenvalue weighted by molar-refractivity contribution is 0.154. The normalized spacial score (nSPS) is 18.8. The molecule has 0 aromatic heterocycles. The minimum absolute atomic E-state index is 0.423. The van der Waals surface area contributed by atoms with Gasteiger partial charge in [0.25, 0.3) is 0 Å². The molecule has 2 rings (SSSR count). The lowest BCUT2D eigenvalue weighted by atomic mass is 9.95. The van der Waals surface area contributed by atoms with Crippen LogP contribution in [0.4, 0.5) is 0 Å². The molecule has 0 bridgehead atoms. The monoisotopic (exact) mass is 344 g/mol. The molecule has 0 radical (unpaired) electrons. The van der Waals surface area contributed by atoms with Crippen molar-refractivity contribution >= 4 is 27.5 Å². The van der Waals surface area contributed by atoms with Crippen LogP contribution in [0.5, 0.6) is 0 Å². The number of rotatable bonds is 4. The van der Waals surface area contributed by atoms with Crippen molar-refractivity contribution in [2.75, 3.05) is 26.2 Å². The molecule has 1 N–H and O–H groups in total. The summed E-state index contributed by atoms with van der Waals surface area (Å²) < 4.78 is 1.11. The van der Waals surface area contributed by atoms with Gasteiger partial charge in [-0.15, -0.1) is 0 Å². The van der Waals surface area contributed by atoms with Gasteiger partial charge in [0.15, 0.2) is 0 Å². The van der Waals surface area contributed by atoms with Crippen LogP contribution in [0.25, 0.3) is 0 Å². The topological polar surface area (TPSA) is 15.3 Å². The van der Waals surface area contributed by atoms with Crippen LogP contribution < -0.4 is 5.32 Å². The highest BCUT2D eigenvalue weighted by Gasteiger charge is 2.24. The molecule has 1 saturated heterocycles. The van der Waals surface area contributed by atoms with E-state index in [4.69, 9.17) is 11.6 Å². The zero-order valence-electron chi connectivity index (χ0n) is 11.6. The Morgan fingerprint density at radius 2 is 2.00 bits per heavy atom. The van der Waals surface area contributed by atoms with Crippen LogP contribution in [0.2, 0.25) is 5.02 Å². The van der Waals surface area contributed by atoms with Gasteiger partial charge < -0.3 is 5.32 Å². The smallest absolute Gasteiger partial charge is 0.0454 e. The van der Waals surface area contributed by atoms with E-state index in [1.165, 1.54) is 5.56 Å². The predicted molar refractivity (Wildman–Crippen MR) is 85.8 cm³/mol. The van der Waals surface area contributed by atoms with Crippen molar-refractivity contribution in [2.24, 2.45) is 5.92 Å². The van der Waals surface area contributed by atoms with E-state index in [9.17, 15) is 0 Å². The van der Waals surface area contributed by atoms with Crippen LogP contribution in [0.15, 0.2) is 22.7 Å². The molecule has 1 aliphatic heterocycles. The maximum Gasteiger partial charge on any atom is 0.0454 e. The first kappa shape index (κ1) is 15.3. The largest absolute Gasteiger partial charge is 0.314 e. The van der Waals surface area contributed by atoms with Gasteiger partial charge in [-0.25, -0.2) is 0 Å². The number of nitrogens with zero attached hydrogens (tertiary/aromatic N) is 1. The third kappa shape index (κ3) is 4.19. The second-order valence-electron chi connectivity index (χ2n) is 5.60. The molecule has 1 aromatic carbocycles. The van der Waals surface area contributed by atoms with E-state index in [2.05, 4.69) is 46.1 Å². The molecule has 2 nitrogen and oxygen atoms in total. The minimum Gasteiger partial charge on any atom is -0.314 e. The van der Waals surface area contributed by atoms with Crippen molar-refractivity contribution in [3.8, 4) is 0 Å². The molecule has 1 atom stereocenters. The molecule has 0 spiro atoms. The summed E-state index contributed by atoms with van der Waals surface area (Å²) in [5.41, 5.74) is 1.26. The fourth-order valence-corrected chi connectivity index (χ4v) is 3.31. The number of benzene rings is 1. The van der Waals surface area contributed by atoms with Gasteiger partial charge in [-0.1, -0.05) is 41.4 Å². The second-order valence-corrected chi connectivity index (χ2v) is 6.92. The highest BCUT2D eigenvalue weighted by Crippen LogP contribution is 2.34. The Labute approximate surface area is 129 Å². The minimum atomic E-state index is 0.423. The summed E-state index contributed by atoms with van der Waals surface area (Å²) in [4.78, 5) is 2.56. The molecule has 0 saturated carbocycles. The average Bonchev–Trinajstić information content (AvgIpc) is 2.40. The Bertz CT molecular complexity index is 417. The second kappa shape index (κ2) is 7.07. The first-order valence-corrected chi connectivity index (χ1v) is 8.14. The Hall–Kier alpha value is -0.0900. The highest BCUT2D eigenvalue weighted by atomic mass is 79.9. The quantitative estimate of drug-likeness (QED) is 0.884. The van der Waals surface area contributed by atoms with Crippen molar-refractivity contribution in [3.05, 3.63) is 33.3 Å². The maximum atomic E-state index is 6.43. The maximum absolute atomic E-state index is 6.43. The van der Waals surface area contributed by atoms with Crippen molar-refractivity contribution < 1.29 is 0 Å². The summed E-state index contributed by atoms with van der Waals surface area (Å²) in [7, 11) is 0. The Balaban J connectivity index is 2.27. The zero-order chi connectivity index (χ0) is 13.8. The number of halogens is 2. The van der Waals surface area contributed by atoms with Crippen LogP contribution >= 0.6 is 27.5 Å². The van der Waals surface area contributed by atoms with E-state index in [1.807, 2.05) is 12.1 Å². The van der Waals surface area contributed by atoms with Crippen molar-refractivity contribution in [1.82, 2.24) is 10.2 Å². The molecule has 1 aliphatic rings. The summed E-state index contributed by atoms with van der Waals surface area (Å²) in [6.07, 6.45) is 1.15. The Morgan fingerprint density at radius 1 is 1.32 bits per heavy atom. The van der Waals surface area contributed by atoms with Crippen molar-refractivity contribution in [3.63, 3.8) is 0 Å².